The van der Waals surface area contributed by atoms with E-state index in [1.165, 1.54) is 47.1 Å². The fraction of sp³-hybridized carbons (Fsp3) is 0.0417. The second kappa shape index (κ2) is 9.45. The van der Waals surface area contributed by atoms with Crippen LogP contribution in [0.25, 0.3) is 5.69 Å². The van der Waals surface area contributed by atoms with Crippen LogP contribution >= 0.6 is 11.6 Å². The number of amides is 1. The van der Waals surface area contributed by atoms with Crippen molar-refractivity contribution < 1.29 is 13.9 Å². The molecule has 4 rings (SSSR count). The first kappa shape index (κ1) is 21.3. The summed E-state index contributed by atoms with van der Waals surface area (Å²) < 4.78 is 20.6. The van der Waals surface area contributed by atoms with E-state index in [1.807, 2.05) is 12.1 Å². The van der Waals surface area contributed by atoms with Gasteiger partial charge < -0.3 is 10.1 Å². The van der Waals surface area contributed by atoms with E-state index in [0.717, 1.165) is 5.56 Å². The molecule has 1 N–H and O–H groups in total. The minimum atomic E-state index is -0.524. The number of hydrogen-bond donors (Lipinski definition) is 1. The number of carbonyl (C=O) groups excluding carboxylic acids is 1. The summed E-state index contributed by atoms with van der Waals surface area (Å²) in [4.78, 5) is 24.7. The van der Waals surface area contributed by atoms with Crippen LogP contribution in [0.1, 0.15) is 15.9 Å². The Kier molecular flexibility index (Phi) is 6.28. The van der Waals surface area contributed by atoms with E-state index < -0.39 is 11.7 Å². The molecule has 160 valence electrons. The third-order valence-electron chi connectivity index (χ3n) is 4.57. The van der Waals surface area contributed by atoms with Gasteiger partial charge in [-0.15, -0.1) is 5.10 Å². The molecule has 0 aliphatic heterocycles. The maximum Gasteiger partial charge on any atom is 0.271 e. The van der Waals surface area contributed by atoms with Gasteiger partial charge in [-0.1, -0.05) is 35.9 Å². The Morgan fingerprint density at radius 3 is 2.41 bits per heavy atom. The van der Waals surface area contributed by atoms with E-state index in [-0.39, 0.29) is 23.7 Å². The molecule has 1 heterocycles. The predicted molar refractivity (Wildman–Crippen MR) is 120 cm³/mol. The van der Waals surface area contributed by atoms with E-state index in [0.29, 0.717) is 16.3 Å². The van der Waals surface area contributed by atoms with Crippen LogP contribution in [0.2, 0.25) is 5.02 Å². The Bertz CT molecular complexity index is 1310. The fourth-order valence-electron chi connectivity index (χ4n) is 2.91. The standard InChI is InChI=1S/C24H17ClFN3O3/c25-18-9-5-16(6-10-18)15-32-22-13-14-23(30)29(28-22)19-11-7-17(8-12-19)24(31)27-21-4-2-1-3-20(21)26/h1-14H,15H2,(H,27,31). The van der Waals surface area contributed by atoms with E-state index in [4.69, 9.17) is 16.3 Å². The molecule has 1 amide bonds. The van der Waals surface area contributed by atoms with Crippen LogP contribution in [0.5, 0.6) is 5.88 Å². The molecule has 0 fully saturated rings. The molecule has 0 saturated heterocycles. The Labute approximate surface area is 187 Å². The van der Waals surface area contributed by atoms with Gasteiger partial charge in [-0.05, 0) is 54.1 Å². The van der Waals surface area contributed by atoms with Crippen molar-refractivity contribution in [1.82, 2.24) is 9.78 Å². The lowest BCUT2D eigenvalue weighted by Crippen LogP contribution is -2.21. The lowest BCUT2D eigenvalue weighted by molar-refractivity contribution is 0.102. The average molecular weight is 450 g/mol. The molecule has 0 unspecified atom stereocenters. The lowest BCUT2D eigenvalue weighted by Gasteiger charge is -2.10. The normalized spacial score (nSPS) is 10.6. The highest BCUT2D eigenvalue weighted by Crippen LogP contribution is 2.16. The van der Waals surface area contributed by atoms with Crippen molar-refractivity contribution in [1.29, 1.82) is 0 Å². The summed E-state index contributed by atoms with van der Waals surface area (Å²) in [5.74, 6) is -0.730. The van der Waals surface area contributed by atoms with Crippen molar-refractivity contribution in [3.63, 3.8) is 0 Å². The Morgan fingerprint density at radius 2 is 1.69 bits per heavy atom. The zero-order chi connectivity index (χ0) is 22.5. The van der Waals surface area contributed by atoms with Gasteiger partial charge in [0.25, 0.3) is 11.5 Å². The van der Waals surface area contributed by atoms with E-state index in [1.54, 1.807) is 30.3 Å². The van der Waals surface area contributed by atoms with Gasteiger partial charge in [0, 0.05) is 22.7 Å². The maximum atomic E-state index is 13.7. The highest BCUT2D eigenvalue weighted by Gasteiger charge is 2.10. The number of ether oxygens (including phenoxy) is 1. The Morgan fingerprint density at radius 1 is 0.969 bits per heavy atom. The molecular weight excluding hydrogens is 433 g/mol. The van der Waals surface area contributed by atoms with Crippen LogP contribution in [0.4, 0.5) is 10.1 Å². The lowest BCUT2D eigenvalue weighted by atomic mass is 10.2. The molecule has 32 heavy (non-hydrogen) atoms. The maximum absolute atomic E-state index is 13.7. The van der Waals surface area contributed by atoms with Gasteiger partial charge >= 0.3 is 0 Å². The monoisotopic (exact) mass is 449 g/mol. The summed E-state index contributed by atoms with van der Waals surface area (Å²) in [6.07, 6.45) is 0. The quantitative estimate of drug-likeness (QED) is 0.456. The second-order valence-corrected chi connectivity index (χ2v) is 7.25. The number of aromatic nitrogens is 2. The molecule has 0 aliphatic rings. The highest BCUT2D eigenvalue weighted by molar-refractivity contribution is 6.30. The predicted octanol–water partition coefficient (Wildman–Crippen LogP) is 4.86. The number of benzene rings is 3. The number of carbonyl (C=O) groups is 1. The number of anilines is 1. The molecule has 0 atom stereocenters. The molecular formula is C24H17ClFN3O3. The molecule has 0 radical (unpaired) electrons. The first-order chi connectivity index (χ1) is 15.5. The van der Waals surface area contributed by atoms with Crippen molar-refractivity contribution in [2.45, 2.75) is 6.61 Å². The molecule has 1 aromatic heterocycles. The van der Waals surface area contributed by atoms with E-state index in [2.05, 4.69) is 10.4 Å². The summed E-state index contributed by atoms with van der Waals surface area (Å²) in [6.45, 7) is 0.261. The van der Waals surface area contributed by atoms with Gasteiger partial charge in [-0.25, -0.2) is 4.39 Å². The SMILES string of the molecule is O=C(Nc1ccccc1F)c1ccc(-n2nc(OCc3ccc(Cl)cc3)ccc2=O)cc1. The van der Waals surface area contributed by atoms with Gasteiger partial charge in [-0.3, -0.25) is 9.59 Å². The Hall–Kier alpha value is -3.97. The highest BCUT2D eigenvalue weighted by atomic mass is 35.5. The molecule has 0 aliphatic carbocycles. The molecule has 6 nitrogen and oxygen atoms in total. The van der Waals surface area contributed by atoms with Crippen molar-refractivity contribution >= 4 is 23.2 Å². The third kappa shape index (κ3) is 5.01. The van der Waals surface area contributed by atoms with Crippen LogP contribution in [-0.2, 0) is 6.61 Å². The largest absolute Gasteiger partial charge is 0.472 e. The number of hydrogen-bond acceptors (Lipinski definition) is 4. The first-order valence-electron chi connectivity index (χ1n) is 9.63. The fourth-order valence-corrected chi connectivity index (χ4v) is 3.03. The summed E-state index contributed by atoms with van der Waals surface area (Å²) in [5, 5.41) is 7.38. The molecule has 3 aromatic carbocycles. The zero-order valence-electron chi connectivity index (χ0n) is 16.7. The summed E-state index contributed by atoms with van der Waals surface area (Å²) in [7, 11) is 0. The number of nitrogens with zero attached hydrogens (tertiary/aromatic N) is 2. The van der Waals surface area contributed by atoms with Crippen molar-refractivity contribution in [2.24, 2.45) is 0 Å². The third-order valence-corrected chi connectivity index (χ3v) is 4.82. The van der Waals surface area contributed by atoms with Gasteiger partial charge in [0.1, 0.15) is 12.4 Å². The molecule has 8 heteroatoms. The summed E-state index contributed by atoms with van der Waals surface area (Å²) in [5.41, 5.74) is 1.39. The number of para-hydroxylation sites is 1. The second-order valence-electron chi connectivity index (χ2n) is 6.82. The summed E-state index contributed by atoms with van der Waals surface area (Å²) >= 11 is 5.88. The van der Waals surface area contributed by atoms with Gasteiger partial charge in [0.15, 0.2) is 0 Å². The van der Waals surface area contributed by atoms with Crippen LogP contribution in [-0.4, -0.2) is 15.7 Å². The minimum absolute atomic E-state index is 0.0880. The van der Waals surface area contributed by atoms with E-state index in [9.17, 15) is 14.0 Å². The number of rotatable bonds is 6. The average Bonchev–Trinajstić information content (AvgIpc) is 2.81. The van der Waals surface area contributed by atoms with Crippen molar-refractivity contribution in [2.75, 3.05) is 5.32 Å². The van der Waals surface area contributed by atoms with Crippen LogP contribution in [0.15, 0.2) is 89.7 Å². The Balaban J connectivity index is 1.49. The van der Waals surface area contributed by atoms with Crippen molar-refractivity contribution in [3.05, 3.63) is 117 Å². The molecule has 0 spiro atoms. The van der Waals surface area contributed by atoms with Crippen LogP contribution in [0, 0.1) is 5.82 Å². The topological polar surface area (TPSA) is 73.2 Å². The molecule has 4 aromatic rings. The van der Waals surface area contributed by atoms with Crippen LogP contribution < -0.4 is 15.6 Å². The van der Waals surface area contributed by atoms with Crippen molar-refractivity contribution in [3.8, 4) is 11.6 Å². The first-order valence-corrected chi connectivity index (χ1v) is 10.0. The van der Waals surface area contributed by atoms with Gasteiger partial charge in [0.2, 0.25) is 5.88 Å². The smallest absolute Gasteiger partial charge is 0.271 e. The zero-order valence-corrected chi connectivity index (χ0v) is 17.4. The minimum Gasteiger partial charge on any atom is -0.472 e. The molecule has 0 saturated carbocycles. The van der Waals surface area contributed by atoms with Gasteiger partial charge in [0.05, 0.1) is 11.4 Å². The van der Waals surface area contributed by atoms with Crippen LogP contribution in [0.3, 0.4) is 0 Å². The number of nitrogens with one attached hydrogen (secondary N) is 1. The molecule has 0 bridgehead atoms. The number of halogens is 2. The van der Waals surface area contributed by atoms with Gasteiger partial charge in [-0.2, -0.15) is 4.68 Å². The summed E-state index contributed by atoms with van der Waals surface area (Å²) in [6, 6.07) is 22.2. The van der Waals surface area contributed by atoms with E-state index >= 15 is 0 Å².